The first-order valence-corrected chi connectivity index (χ1v) is 6.61. The molecule has 1 heterocycles. The minimum atomic E-state index is 0.287. The van der Waals surface area contributed by atoms with Crippen LogP contribution in [0, 0.1) is 6.92 Å². The van der Waals surface area contributed by atoms with Gasteiger partial charge in [0, 0.05) is 5.02 Å². The van der Waals surface area contributed by atoms with E-state index in [2.05, 4.69) is 20.8 Å². The second-order valence-corrected chi connectivity index (χ2v) is 4.80. The summed E-state index contributed by atoms with van der Waals surface area (Å²) in [6.07, 6.45) is 0. The number of anilines is 2. The number of nitrogens with one attached hydrogen (secondary N) is 2. The van der Waals surface area contributed by atoms with Gasteiger partial charge in [-0.25, -0.2) is 0 Å². The number of halogens is 2. The molecule has 0 saturated heterocycles. The van der Waals surface area contributed by atoms with Gasteiger partial charge in [-0.15, -0.1) is 5.10 Å². The fourth-order valence-electron chi connectivity index (χ4n) is 1.46. The third kappa shape index (κ3) is 3.59. The molecule has 0 aliphatic carbocycles. The van der Waals surface area contributed by atoms with Gasteiger partial charge in [0.05, 0.1) is 17.3 Å². The number of aromatic nitrogens is 2. The van der Waals surface area contributed by atoms with E-state index < -0.39 is 0 Å². The summed E-state index contributed by atoms with van der Waals surface area (Å²) in [7, 11) is 0. The van der Waals surface area contributed by atoms with E-state index >= 15 is 0 Å². The van der Waals surface area contributed by atoms with Gasteiger partial charge < -0.3 is 15.1 Å². The highest BCUT2D eigenvalue weighted by atomic mass is 35.5. The van der Waals surface area contributed by atoms with Crippen LogP contribution in [0.1, 0.15) is 18.4 Å². The molecule has 0 atom stereocenters. The molecule has 0 unspecified atom stereocenters. The predicted octanol–water partition coefficient (Wildman–Crippen LogP) is 3.54. The minimum absolute atomic E-state index is 0.287. The van der Waals surface area contributed by atoms with Crippen molar-refractivity contribution >= 4 is 34.9 Å². The molecular formula is C12H14Cl2N4O. The molecule has 0 fully saturated rings. The number of nitrogens with zero attached hydrogens (tertiary/aromatic N) is 2. The number of aryl methyl sites for hydroxylation is 1. The number of hydrogen-bond donors (Lipinski definition) is 2. The summed E-state index contributed by atoms with van der Waals surface area (Å²) in [5, 5.41) is 15.0. The molecule has 2 rings (SSSR count). The molecule has 1 aromatic heterocycles. The lowest BCUT2D eigenvalue weighted by atomic mass is 10.2. The molecule has 0 aliphatic rings. The number of hydrogen-bond acceptors (Lipinski definition) is 5. The van der Waals surface area contributed by atoms with Crippen LogP contribution in [0.2, 0.25) is 10.0 Å². The van der Waals surface area contributed by atoms with E-state index in [4.69, 9.17) is 27.6 Å². The van der Waals surface area contributed by atoms with Crippen LogP contribution in [0.5, 0.6) is 0 Å². The van der Waals surface area contributed by atoms with E-state index in [1.807, 2.05) is 13.8 Å². The first kappa shape index (κ1) is 14.1. The van der Waals surface area contributed by atoms with Crippen LogP contribution in [0.25, 0.3) is 0 Å². The molecule has 7 heteroatoms. The van der Waals surface area contributed by atoms with E-state index in [-0.39, 0.29) is 6.01 Å². The van der Waals surface area contributed by atoms with E-state index in [1.54, 1.807) is 12.1 Å². The Kier molecular flexibility index (Phi) is 4.63. The molecule has 2 aromatic rings. The molecule has 5 nitrogen and oxygen atoms in total. The normalized spacial score (nSPS) is 10.7. The predicted molar refractivity (Wildman–Crippen MR) is 76.2 cm³/mol. The Bertz CT molecular complexity index is 571. The van der Waals surface area contributed by atoms with E-state index in [0.29, 0.717) is 28.2 Å². The highest BCUT2D eigenvalue weighted by Crippen LogP contribution is 2.30. The van der Waals surface area contributed by atoms with Crippen molar-refractivity contribution in [3.8, 4) is 0 Å². The minimum Gasteiger partial charge on any atom is -0.406 e. The van der Waals surface area contributed by atoms with Gasteiger partial charge in [0.1, 0.15) is 0 Å². The van der Waals surface area contributed by atoms with Crippen molar-refractivity contribution in [3.63, 3.8) is 0 Å². The maximum Gasteiger partial charge on any atom is 0.320 e. The first-order valence-electron chi connectivity index (χ1n) is 5.86. The second kappa shape index (κ2) is 6.23. The molecule has 0 aliphatic heterocycles. The zero-order chi connectivity index (χ0) is 13.8. The van der Waals surface area contributed by atoms with Gasteiger partial charge in [0.15, 0.2) is 0 Å². The van der Waals surface area contributed by atoms with Crippen LogP contribution >= 0.6 is 23.2 Å². The highest BCUT2D eigenvalue weighted by Gasteiger charge is 2.09. The van der Waals surface area contributed by atoms with Crippen LogP contribution in [0.4, 0.5) is 11.7 Å². The van der Waals surface area contributed by atoms with Crippen LogP contribution in [0.3, 0.4) is 0 Å². The second-order valence-electron chi connectivity index (χ2n) is 3.99. The Hall–Kier alpha value is -1.30. The fraction of sp³-hybridized carbons (Fsp3) is 0.333. The smallest absolute Gasteiger partial charge is 0.320 e. The summed E-state index contributed by atoms with van der Waals surface area (Å²) in [5.74, 6) is 0.513. The zero-order valence-electron chi connectivity index (χ0n) is 10.6. The molecule has 19 heavy (non-hydrogen) atoms. The summed E-state index contributed by atoms with van der Waals surface area (Å²) < 4.78 is 5.42. The molecule has 0 spiro atoms. The SMILES string of the molecule is CCNCc1nnc(Nc2cc(Cl)c(C)cc2Cl)o1. The van der Waals surface area contributed by atoms with Gasteiger partial charge in [-0.2, -0.15) is 0 Å². The maximum atomic E-state index is 6.12. The van der Waals surface area contributed by atoms with E-state index in [0.717, 1.165) is 12.1 Å². The van der Waals surface area contributed by atoms with Crippen molar-refractivity contribution in [3.05, 3.63) is 33.6 Å². The molecule has 0 bridgehead atoms. The lowest BCUT2D eigenvalue weighted by Crippen LogP contribution is -2.11. The average molecular weight is 301 g/mol. The largest absolute Gasteiger partial charge is 0.406 e. The monoisotopic (exact) mass is 300 g/mol. The van der Waals surface area contributed by atoms with Gasteiger partial charge in [0.25, 0.3) is 0 Å². The molecule has 2 N–H and O–H groups in total. The van der Waals surface area contributed by atoms with Crippen molar-refractivity contribution < 1.29 is 4.42 Å². The van der Waals surface area contributed by atoms with Crippen LogP contribution in [0.15, 0.2) is 16.5 Å². The summed E-state index contributed by atoms with van der Waals surface area (Å²) in [6, 6.07) is 3.80. The maximum absolute atomic E-state index is 6.12. The van der Waals surface area contributed by atoms with Crippen molar-refractivity contribution in [1.82, 2.24) is 15.5 Å². The Morgan fingerprint density at radius 1 is 1.21 bits per heavy atom. The van der Waals surface area contributed by atoms with E-state index in [1.165, 1.54) is 0 Å². The Balaban J connectivity index is 2.12. The van der Waals surface area contributed by atoms with Gasteiger partial charge in [-0.05, 0) is 31.2 Å². The van der Waals surface area contributed by atoms with Crippen molar-refractivity contribution in [2.45, 2.75) is 20.4 Å². The number of rotatable bonds is 5. The molecule has 0 radical (unpaired) electrons. The molecule has 0 amide bonds. The Morgan fingerprint density at radius 3 is 2.74 bits per heavy atom. The molecule has 1 aromatic carbocycles. The van der Waals surface area contributed by atoms with E-state index in [9.17, 15) is 0 Å². The first-order chi connectivity index (χ1) is 9.10. The topological polar surface area (TPSA) is 63.0 Å². The highest BCUT2D eigenvalue weighted by molar-refractivity contribution is 6.35. The third-order valence-corrected chi connectivity index (χ3v) is 3.20. The van der Waals surface area contributed by atoms with Crippen LogP contribution in [-0.4, -0.2) is 16.7 Å². The van der Waals surface area contributed by atoms with Crippen molar-refractivity contribution in [2.75, 3.05) is 11.9 Å². The third-order valence-electron chi connectivity index (χ3n) is 2.48. The van der Waals surface area contributed by atoms with Gasteiger partial charge in [-0.1, -0.05) is 35.2 Å². The average Bonchev–Trinajstić information content (AvgIpc) is 2.81. The lowest BCUT2D eigenvalue weighted by molar-refractivity contribution is 0.484. The summed E-state index contributed by atoms with van der Waals surface area (Å²) in [5.41, 5.74) is 1.55. The number of benzene rings is 1. The molecule has 102 valence electrons. The van der Waals surface area contributed by atoms with Crippen LogP contribution < -0.4 is 10.6 Å². The molecular weight excluding hydrogens is 287 g/mol. The summed E-state index contributed by atoms with van der Waals surface area (Å²) in [4.78, 5) is 0. The summed E-state index contributed by atoms with van der Waals surface area (Å²) in [6.45, 7) is 5.26. The van der Waals surface area contributed by atoms with Crippen LogP contribution in [-0.2, 0) is 6.54 Å². The lowest BCUT2D eigenvalue weighted by Gasteiger charge is -2.06. The van der Waals surface area contributed by atoms with Gasteiger partial charge in [-0.3, -0.25) is 0 Å². The van der Waals surface area contributed by atoms with Gasteiger partial charge >= 0.3 is 6.01 Å². The van der Waals surface area contributed by atoms with Crippen molar-refractivity contribution in [1.29, 1.82) is 0 Å². The summed E-state index contributed by atoms with van der Waals surface area (Å²) >= 11 is 12.2. The fourth-order valence-corrected chi connectivity index (χ4v) is 1.89. The van der Waals surface area contributed by atoms with Crippen molar-refractivity contribution in [2.24, 2.45) is 0 Å². The Labute approximate surface area is 121 Å². The standard InChI is InChI=1S/C12H14Cl2N4O/c1-3-15-6-11-17-18-12(19-11)16-10-5-8(13)7(2)4-9(10)14/h4-5,15H,3,6H2,1-2H3,(H,16,18). The Morgan fingerprint density at radius 2 is 2.00 bits per heavy atom. The van der Waals surface area contributed by atoms with Gasteiger partial charge in [0.2, 0.25) is 5.89 Å². The molecule has 0 saturated carbocycles. The quantitative estimate of drug-likeness (QED) is 0.884. The zero-order valence-corrected chi connectivity index (χ0v) is 12.1.